The number of alkyl halides is 3. The number of halogens is 7. The Labute approximate surface area is 179 Å². The van der Waals surface area contributed by atoms with Crippen molar-refractivity contribution in [3.05, 3.63) is 82.9 Å². The van der Waals surface area contributed by atoms with E-state index in [1.54, 1.807) is 24.3 Å². The maximum absolute atomic E-state index is 14.5. The van der Waals surface area contributed by atoms with E-state index in [0.29, 0.717) is 29.8 Å². The first kappa shape index (κ1) is 23.4. The first-order valence-corrected chi connectivity index (χ1v) is 9.49. The summed E-state index contributed by atoms with van der Waals surface area (Å²) in [6, 6.07) is 8.77. The Morgan fingerprint density at radius 2 is 1.34 bits per heavy atom. The fourth-order valence-corrected chi connectivity index (χ4v) is 3.02. The third-order valence-corrected chi connectivity index (χ3v) is 4.57. The highest BCUT2D eigenvalue weighted by molar-refractivity contribution is 5.64. The molecule has 0 N–H and O–H groups in total. The van der Waals surface area contributed by atoms with Gasteiger partial charge in [0.1, 0.15) is 36.2 Å². The zero-order valence-electron chi connectivity index (χ0n) is 16.7. The van der Waals surface area contributed by atoms with Gasteiger partial charge in [-0.1, -0.05) is 31.2 Å². The summed E-state index contributed by atoms with van der Waals surface area (Å²) in [6.07, 6.45) is -3.85. The summed E-state index contributed by atoms with van der Waals surface area (Å²) < 4.78 is 107. The van der Waals surface area contributed by atoms with Gasteiger partial charge in [0.05, 0.1) is 0 Å². The van der Waals surface area contributed by atoms with Crippen LogP contribution in [0, 0.1) is 23.3 Å². The van der Waals surface area contributed by atoms with Crippen LogP contribution < -0.4 is 9.47 Å². The summed E-state index contributed by atoms with van der Waals surface area (Å²) >= 11 is 0. The van der Waals surface area contributed by atoms with E-state index in [-0.39, 0.29) is 5.56 Å². The van der Waals surface area contributed by atoms with E-state index in [9.17, 15) is 30.7 Å². The smallest absolute Gasteiger partial charge is 0.432 e. The average Bonchev–Trinajstić information content (AvgIpc) is 2.72. The SMILES string of the molecule is CCc1ccc(-c2cc(F)c(C(F)(F)Oc3cc(F)c(OCCF)c(F)c3)c(F)c2)cc1. The predicted octanol–water partition coefficient (Wildman–Crippen LogP) is 6.95. The predicted molar refractivity (Wildman–Crippen MR) is 104 cm³/mol. The highest BCUT2D eigenvalue weighted by Crippen LogP contribution is 2.38. The molecule has 0 saturated heterocycles. The van der Waals surface area contributed by atoms with Gasteiger partial charge in [0.2, 0.25) is 0 Å². The lowest BCUT2D eigenvalue weighted by molar-refractivity contribution is -0.189. The zero-order valence-corrected chi connectivity index (χ0v) is 16.7. The lowest BCUT2D eigenvalue weighted by Crippen LogP contribution is -2.25. The second-order valence-corrected chi connectivity index (χ2v) is 6.74. The Kier molecular flexibility index (Phi) is 6.96. The van der Waals surface area contributed by atoms with Crippen molar-refractivity contribution >= 4 is 0 Å². The molecule has 0 heterocycles. The highest BCUT2D eigenvalue weighted by atomic mass is 19.3. The quantitative estimate of drug-likeness (QED) is 0.340. The molecule has 0 spiro atoms. The number of hydrogen-bond donors (Lipinski definition) is 0. The Morgan fingerprint density at radius 1 is 0.781 bits per heavy atom. The Morgan fingerprint density at radius 3 is 1.84 bits per heavy atom. The van der Waals surface area contributed by atoms with E-state index in [4.69, 9.17) is 0 Å². The van der Waals surface area contributed by atoms with Gasteiger partial charge < -0.3 is 9.47 Å². The highest BCUT2D eigenvalue weighted by Gasteiger charge is 2.41. The maximum Gasteiger partial charge on any atom is 0.432 e. The maximum atomic E-state index is 14.5. The number of ether oxygens (including phenoxy) is 2. The van der Waals surface area contributed by atoms with Crippen molar-refractivity contribution in [3.8, 4) is 22.6 Å². The third-order valence-electron chi connectivity index (χ3n) is 4.57. The fraction of sp³-hybridized carbons (Fsp3) is 0.217. The lowest BCUT2D eigenvalue weighted by Gasteiger charge is -2.20. The van der Waals surface area contributed by atoms with Gasteiger partial charge in [0, 0.05) is 12.1 Å². The van der Waals surface area contributed by atoms with Gasteiger partial charge in [0.15, 0.2) is 17.4 Å². The van der Waals surface area contributed by atoms with Crippen LogP contribution in [0.4, 0.5) is 30.7 Å². The molecular weight excluding hydrogens is 441 g/mol. The number of rotatable bonds is 8. The molecule has 0 aliphatic rings. The first-order chi connectivity index (χ1) is 15.2. The monoisotopic (exact) mass is 458 g/mol. The second-order valence-electron chi connectivity index (χ2n) is 6.74. The van der Waals surface area contributed by atoms with Gasteiger partial charge in [-0.3, -0.25) is 0 Å². The molecule has 0 saturated carbocycles. The Bertz CT molecular complexity index is 1050. The summed E-state index contributed by atoms with van der Waals surface area (Å²) in [5, 5.41) is 0. The molecule has 0 unspecified atom stereocenters. The van der Waals surface area contributed by atoms with Crippen LogP contribution in [0.15, 0.2) is 48.5 Å². The van der Waals surface area contributed by atoms with Crippen molar-refractivity contribution in [1.29, 1.82) is 0 Å². The molecule has 3 aromatic rings. The molecular formula is C23H17F7O2. The molecule has 3 rings (SSSR count). The molecule has 32 heavy (non-hydrogen) atoms. The summed E-state index contributed by atoms with van der Waals surface area (Å²) in [6.45, 7) is 0.230. The van der Waals surface area contributed by atoms with E-state index in [1.807, 2.05) is 6.92 Å². The van der Waals surface area contributed by atoms with Gasteiger partial charge in [0.25, 0.3) is 0 Å². The number of hydrogen-bond acceptors (Lipinski definition) is 2. The Hall–Kier alpha value is -3.23. The van der Waals surface area contributed by atoms with Crippen molar-refractivity contribution in [2.45, 2.75) is 19.5 Å². The van der Waals surface area contributed by atoms with Gasteiger partial charge >= 0.3 is 6.11 Å². The molecule has 0 aliphatic carbocycles. The minimum atomic E-state index is -4.60. The van der Waals surface area contributed by atoms with E-state index >= 15 is 0 Å². The van der Waals surface area contributed by atoms with Crippen LogP contribution in [0.5, 0.6) is 11.5 Å². The van der Waals surface area contributed by atoms with Crippen LogP contribution in [0.1, 0.15) is 18.1 Å². The summed E-state index contributed by atoms with van der Waals surface area (Å²) in [5.74, 6) is -8.14. The van der Waals surface area contributed by atoms with E-state index < -0.39 is 59.7 Å². The topological polar surface area (TPSA) is 18.5 Å². The van der Waals surface area contributed by atoms with Crippen molar-refractivity contribution in [2.75, 3.05) is 13.3 Å². The van der Waals surface area contributed by atoms with E-state index in [0.717, 1.165) is 12.0 Å². The van der Waals surface area contributed by atoms with Crippen molar-refractivity contribution < 1.29 is 40.2 Å². The molecule has 0 atom stereocenters. The minimum Gasteiger partial charge on any atom is -0.485 e. The molecule has 170 valence electrons. The fourth-order valence-electron chi connectivity index (χ4n) is 3.02. The largest absolute Gasteiger partial charge is 0.485 e. The molecule has 0 fully saturated rings. The molecule has 3 aromatic carbocycles. The second kappa shape index (κ2) is 9.50. The van der Waals surface area contributed by atoms with Crippen LogP contribution in [-0.2, 0) is 12.5 Å². The van der Waals surface area contributed by atoms with Crippen molar-refractivity contribution in [3.63, 3.8) is 0 Å². The van der Waals surface area contributed by atoms with Gasteiger partial charge in [-0.25, -0.2) is 22.0 Å². The molecule has 2 nitrogen and oxygen atoms in total. The minimum absolute atomic E-state index is 0.0219. The lowest BCUT2D eigenvalue weighted by atomic mass is 10.0. The summed E-state index contributed by atoms with van der Waals surface area (Å²) in [4.78, 5) is 0. The van der Waals surface area contributed by atoms with Crippen LogP contribution >= 0.6 is 0 Å². The van der Waals surface area contributed by atoms with Gasteiger partial charge in [-0.05, 0) is 35.2 Å². The van der Waals surface area contributed by atoms with Gasteiger partial charge in [-0.2, -0.15) is 8.78 Å². The molecule has 0 aromatic heterocycles. The molecule has 0 radical (unpaired) electrons. The Balaban J connectivity index is 1.91. The molecule has 9 heteroatoms. The van der Waals surface area contributed by atoms with E-state index in [1.165, 1.54) is 0 Å². The van der Waals surface area contributed by atoms with Crippen molar-refractivity contribution in [1.82, 2.24) is 0 Å². The van der Waals surface area contributed by atoms with Crippen LogP contribution in [0.3, 0.4) is 0 Å². The van der Waals surface area contributed by atoms with E-state index in [2.05, 4.69) is 9.47 Å². The van der Waals surface area contributed by atoms with Crippen LogP contribution in [0.2, 0.25) is 0 Å². The van der Waals surface area contributed by atoms with Gasteiger partial charge in [-0.15, -0.1) is 0 Å². The first-order valence-electron chi connectivity index (χ1n) is 9.49. The summed E-state index contributed by atoms with van der Waals surface area (Å²) in [5.41, 5.74) is -0.311. The summed E-state index contributed by atoms with van der Waals surface area (Å²) in [7, 11) is 0. The van der Waals surface area contributed by atoms with Crippen LogP contribution in [-0.4, -0.2) is 13.3 Å². The third kappa shape index (κ3) is 4.98. The molecule has 0 aliphatic heterocycles. The number of benzene rings is 3. The molecule has 0 amide bonds. The van der Waals surface area contributed by atoms with Crippen LogP contribution in [0.25, 0.3) is 11.1 Å². The average molecular weight is 458 g/mol. The number of aryl methyl sites for hydroxylation is 1. The van der Waals surface area contributed by atoms with Crippen molar-refractivity contribution in [2.24, 2.45) is 0 Å². The normalized spacial score (nSPS) is 11.5. The standard InChI is InChI=1S/C23H17F7O2/c1-2-13-3-5-14(6-4-13)15-9-17(25)21(18(26)10-15)23(29,30)32-16-11-19(27)22(20(28)12-16)31-8-7-24/h3-6,9-12H,2,7-8H2,1H3. The molecule has 0 bridgehead atoms. The zero-order chi connectivity index (χ0) is 23.5.